The molecule has 9 nitrogen and oxygen atoms in total. The molecule has 3 rings (SSSR count). The largest absolute Gasteiger partial charge is 0.493 e. The lowest BCUT2D eigenvalue weighted by atomic mass is 10.1. The molecule has 0 radical (unpaired) electrons. The first kappa shape index (κ1) is 25.3. The van der Waals surface area contributed by atoms with Crippen LogP contribution in [-0.4, -0.2) is 71.6 Å². The van der Waals surface area contributed by atoms with Crippen LogP contribution >= 0.6 is 23.2 Å². The van der Waals surface area contributed by atoms with Crippen LogP contribution in [0.1, 0.15) is 20.7 Å². The van der Waals surface area contributed by atoms with Gasteiger partial charge in [0.25, 0.3) is 0 Å². The fraction of sp³-hybridized carbons (Fsp3) is 0.333. The van der Waals surface area contributed by atoms with E-state index < -0.39 is 28.4 Å². The number of esters is 1. The van der Waals surface area contributed by atoms with Crippen LogP contribution < -0.4 is 9.47 Å². The molecule has 33 heavy (non-hydrogen) atoms. The summed E-state index contributed by atoms with van der Waals surface area (Å²) in [6, 6.07) is 6.69. The zero-order chi connectivity index (χ0) is 24.2. The lowest BCUT2D eigenvalue weighted by Crippen LogP contribution is -2.40. The van der Waals surface area contributed by atoms with E-state index in [9.17, 15) is 18.0 Å². The maximum Gasteiger partial charge on any atom is 0.342 e. The molecule has 2 aromatic carbocycles. The van der Waals surface area contributed by atoms with Crippen LogP contribution in [0.5, 0.6) is 11.5 Å². The average molecular weight is 518 g/mol. The minimum atomic E-state index is -3.95. The van der Waals surface area contributed by atoms with Gasteiger partial charge in [-0.25, -0.2) is 13.2 Å². The zero-order valence-corrected chi connectivity index (χ0v) is 20.1. The number of hydrogen-bond donors (Lipinski definition) is 0. The number of carbonyl (C=O) groups excluding carboxylic acids is 2. The quantitative estimate of drug-likeness (QED) is 0.388. The molecule has 12 heteroatoms. The van der Waals surface area contributed by atoms with Gasteiger partial charge >= 0.3 is 5.97 Å². The lowest BCUT2D eigenvalue weighted by Gasteiger charge is -2.26. The Balaban J connectivity index is 1.89. The Kier molecular flexibility index (Phi) is 8.19. The fourth-order valence-corrected chi connectivity index (χ4v) is 5.14. The first-order valence-electron chi connectivity index (χ1n) is 9.68. The van der Waals surface area contributed by atoms with Gasteiger partial charge in [0, 0.05) is 29.7 Å². The number of ketones is 1. The number of halogens is 2. The Labute approximate surface area is 201 Å². The standard InChI is InChI=1S/C21H21Cl2NO8S/c1-29-19-11-14(33(27,28)24-5-7-31-8-6-24)10-16(20(19)30-2)21(26)32-12-18(25)15-4-3-13(22)9-17(15)23/h3-4,9-11H,5-8,12H2,1-2H3. The van der Waals surface area contributed by atoms with Crippen molar-refractivity contribution < 1.29 is 37.0 Å². The summed E-state index contributed by atoms with van der Waals surface area (Å²) in [5.74, 6) is -1.54. The van der Waals surface area contributed by atoms with E-state index in [0.29, 0.717) is 5.02 Å². The minimum Gasteiger partial charge on any atom is -0.493 e. The van der Waals surface area contributed by atoms with Gasteiger partial charge in [-0.15, -0.1) is 0 Å². The Bertz CT molecular complexity index is 1160. The first-order valence-corrected chi connectivity index (χ1v) is 11.9. The molecular weight excluding hydrogens is 497 g/mol. The summed E-state index contributed by atoms with van der Waals surface area (Å²) in [5.41, 5.74) is -0.0826. The van der Waals surface area contributed by atoms with E-state index >= 15 is 0 Å². The van der Waals surface area contributed by atoms with Crippen molar-refractivity contribution in [2.75, 3.05) is 47.1 Å². The number of hydrogen-bond acceptors (Lipinski definition) is 8. The summed E-state index contributed by atoms with van der Waals surface area (Å²) in [4.78, 5) is 25.1. The summed E-state index contributed by atoms with van der Waals surface area (Å²) < 4.78 is 48.3. The highest BCUT2D eigenvalue weighted by molar-refractivity contribution is 7.89. The highest BCUT2D eigenvalue weighted by atomic mass is 35.5. The number of rotatable bonds is 8. The molecule has 0 N–H and O–H groups in total. The van der Waals surface area contributed by atoms with Crippen molar-refractivity contribution in [1.29, 1.82) is 0 Å². The zero-order valence-electron chi connectivity index (χ0n) is 17.8. The van der Waals surface area contributed by atoms with E-state index in [-0.39, 0.29) is 58.8 Å². The van der Waals surface area contributed by atoms with E-state index in [2.05, 4.69) is 0 Å². The smallest absolute Gasteiger partial charge is 0.342 e. The number of sulfonamides is 1. The minimum absolute atomic E-state index is 0.0193. The topological polar surface area (TPSA) is 108 Å². The molecule has 0 aromatic heterocycles. The lowest BCUT2D eigenvalue weighted by molar-refractivity contribution is 0.0470. The number of carbonyl (C=O) groups is 2. The van der Waals surface area contributed by atoms with Gasteiger partial charge in [-0.2, -0.15) is 4.31 Å². The molecule has 0 spiro atoms. The normalized spacial score (nSPS) is 14.5. The third kappa shape index (κ3) is 5.59. The third-order valence-corrected chi connectivity index (χ3v) is 7.27. The van der Waals surface area contributed by atoms with Gasteiger partial charge in [-0.05, 0) is 24.3 Å². The number of Topliss-reactive ketones (excluding diaryl/α,β-unsaturated/α-hetero) is 1. The molecule has 1 aliphatic heterocycles. The predicted molar refractivity (Wildman–Crippen MR) is 120 cm³/mol. The van der Waals surface area contributed by atoms with Gasteiger partial charge < -0.3 is 18.9 Å². The van der Waals surface area contributed by atoms with Gasteiger partial charge in [0.2, 0.25) is 15.8 Å². The number of ether oxygens (including phenoxy) is 4. The fourth-order valence-electron chi connectivity index (χ4n) is 3.18. The van der Waals surface area contributed by atoms with Crippen LogP contribution in [0.2, 0.25) is 10.0 Å². The van der Waals surface area contributed by atoms with E-state index in [0.717, 1.165) is 6.07 Å². The van der Waals surface area contributed by atoms with E-state index in [4.69, 9.17) is 42.1 Å². The molecule has 1 heterocycles. The molecule has 0 atom stereocenters. The van der Waals surface area contributed by atoms with Crippen LogP contribution in [0.3, 0.4) is 0 Å². The predicted octanol–water partition coefficient (Wildman–Crippen LogP) is 3.07. The molecule has 1 fully saturated rings. The van der Waals surface area contributed by atoms with Crippen molar-refractivity contribution in [3.8, 4) is 11.5 Å². The van der Waals surface area contributed by atoms with E-state index in [1.165, 1.54) is 42.8 Å². The highest BCUT2D eigenvalue weighted by Crippen LogP contribution is 2.36. The average Bonchev–Trinajstić information content (AvgIpc) is 2.81. The summed E-state index contributed by atoms with van der Waals surface area (Å²) in [5, 5.41) is 0.463. The molecule has 0 aliphatic carbocycles. The second-order valence-electron chi connectivity index (χ2n) is 6.85. The highest BCUT2D eigenvalue weighted by Gasteiger charge is 2.30. The molecule has 0 saturated carbocycles. The molecular formula is C21H21Cl2NO8S. The number of methoxy groups -OCH3 is 2. The Morgan fingerprint density at radius 2 is 1.73 bits per heavy atom. The van der Waals surface area contributed by atoms with Crippen molar-refractivity contribution in [3.05, 3.63) is 51.5 Å². The molecule has 0 amide bonds. The van der Waals surface area contributed by atoms with Gasteiger partial charge in [-0.1, -0.05) is 23.2 Å². The van der Waals surface area contributed by atoms with Crippen molar-refractivity contribution in [2.45, 2.75) is 4.90 Å². The maximum atomic E-state index is 13.1. The van der Waals surface area contributed by atoms with Gasteiger partial charge in [0.1, 0.15) is 5.56 Å². The first-order chi connectivity index (χ1) is 15.7. The second kappa shape index (κ2) is 10.7. The van der Waals surface area contributed by atoms with Crippen LogP contribution in [0.15, 0.2) is 35.2 Å². The van der Waals surface area contributed by atoms with Gasteiger partial charge in [0.05, 0.1) is 37.4 Å². The molecule has 2 aromatic rings. The Hall–Kier alpha value is -2.37. The SMILES string of the molecule is COc1cc(S(=O)(=O)N2CCOCC2)cc(C(=O)OCC(=O)c2ccc(Cl)cc2Cl)c1OC. The van der Waals surface area contributed by atoms with Gasteiger partial charge in [-0.3, -0.25) is 4.79 Å². The van der Waals surface area contributed by atoms with Crippen LogP contribution in [0.25, 0.3) is 0 Å². The van der Waals surface area contributed by atoms with Crippen LogP contribution in [-0.2, 0) is 19.5 Å². The number of benzene rings is 2. The van der Waals surface area contributed by atoms with Crippen molar-refractivity contribution >= 4 is 45.0 Å². The Morgan fingerprint density at radius 3 is 2.33 bits per heavy atom. The van der Waals surface area contributed by atoms with Crippen LogP contribution in [0, 0.1) is 0 Å². The molecule has 1 aliphatic rings. The van der Waals surface area contributed by atoms with Crippen LogP contribution in [0.4, 0.5) is 0 Å². The molecule has 0 bridgehead atoms. The maximum absolute atomic E-state index is 13.1. The monoisotopic (exact) mass is 517 g/mol. The molecule has 178 valence electrons. The van der Waals surface area contributed by atoms with E-state index in [1.807, 2.05) is 0 Å². The summed E-state index contributed by atoms with van der Waals surface area (Å²) >= 11 is 11.9. The van der Waals surface area contributed by atoms with Crippen molar-refractivity contribution in [1.82, 2.24) is 4.31 Å². The second-order valence-corrected chi connectivity index (χ2v) is 9.63. The third-order valence-electron chi connectivity index (χ3n) is 4.85. The number of nitrogens with zero attached hydrogens (tertiary/aromatic N) is 1. The van der Waals surface area contributed by atoms with E-state index in [1.54, 1.807) is 0 Å². The Morgan fingerprint density at radius 1 is 1.03 bits per heavy atom. The van der Waals surface area contributed by atoms with Crippen molar-refractivity contribution in [3.63, 3.8) is 0 Å². The summed E-state index contributed by atoms with van der Waals surface area (Å²) in [6.45, 7) is 0.235. The molecule has 1 saturated heterocycles. The number of morpholine rings is 1. The summed E-state index contributed by atoms with van der Waals surface area (Å²) in [6.07, 6.45) is 0. The van der Waals surface area contributed by atoms with Crippen molar-refractivity contribution in [2.24, 2.45) is 0 Å². The van der Waals surface area contributed by atoms with Gasteiger partial charge in [0.15, 0.2) is 18.1 Å². The summed E-state index contributed by atoms with van der Waals surface area (Å²) in [7, 11) is -1.34. The molecule has 0 unspecified atom stereocenters.